The van der Waals surface area contributed by atoms with E-state index in [1.807, 2.05) is 7.05 Å². The van der Waals surface area contributed by atoms with Crippen LogP contribution >= 0.6 is 0 Å². The standard InChI is InChI=1S/C8H13F2N3/c1-8(9,10)7-12-5-6(13-7)3-4-11-2/h5,11H,3-4H2,1-2H3,(H,12,13). The zero-order chi connectivity index (χ0) is 9.90. The molecule has 0 bridgehead atoms. The second-order valence-electron chi connectivity index (χ2n) is 3.00. The van der Waals surface area contributed by atoms with E-state index in [9.17, 15) is 8.78 Å². The fourth-order valence-corrected chi connectivity index (χ4v) is 0.969. The van der Waals surface area contributed by atoms with Crippen molar-refractivity contribution in [1.29, 1.82) is 0 Å². The zero-order valence-electron chi connectivity index (χ0n) is 7.69. The summed E-state index contributed by atoms with van der Waals surface area (Å²) < 4.78 is 25.4. The summed E-state index contributed by atoms with van der Waals surface area (Å²) in [6, 6.07) is 0. The Morgan fingerprint density at radius 3 is 2.77 bits per heavy atom. The van der Waals surface area contributed by atoms with Gasteiger partial charge >= 0.3 is 5.92 Å². The van der Waals surface area contributed by atoms with Crippen molar-refractivity contribution in [3.05, 3.63) is 17.7 Å². The first-order chi connectivity index (χ1) is 6.04. The number of aromatic nitrogens is 2. The molecule has 0 fully saturated rings. The van der Waals surface area contributed by atoms with E-state index < -0.39 is 5.92 Å². The molecule has 5 heteroatoms. The number of hydrogen-bond donors (Lipinski definition) is 2. The highest BCUT2D eigenvalue weighted by molar-refractivity contribution is 5.05. The monoisotopic (exact) mass is 189 g/mol. The third kappa shape index (κ3) is 2.77. The molecule has 1 aromatic heterocycles. The largest absolute Gasteiger partial charge is 0.341 e. The summed E-state index contributed by atoms with van der Waals surface area (Å²) in [5.74, 6) is -3.14. The van der Waals surface area contributed by atoms with E-state index >= 15 is 0 Å². The molecule has 1 heterocycles. The highest BCUT2D eigenvalue weighted by Crippen LogP contribution is 2.23. The Morgan fingerprint density at radius 1 is 1.62 bits per heavy atom. The molecule has 0 aromatic carbocycles. The van der Waals surface area contributed by atoms with Crippen LogP contribution in [0.15, 0.2) is 6.20 Å². The SMILES string of the molecule is CNCCc1cnc(C(C)(F)F)[nH]1. The van der Waals surface area contributed by atoms with Gasteiger partial charge in [-0.05, 0) is 7.05 Å². The van der Waals surface area contributed by atoms with Gasteiger partial charge in [0.2, 0.25) is 0 Å². The Balaban J connectivity index is 2.64. The fourth-order valence-electron chi connectivity index (χ4n) is 0.969. The molecule has 3 nitrogen and oxygen atoms in total. The summed E-state index contributed by atoms with van der Waals surface area (Å²) in [6.45, 7) is 1.57. The van der Waals surface area contributed by atoms with Crippen LogP contribution in [0.2, 0.25) is 0 Å². The Hall–Kier alpha value is -0.970. The second kappa shape index (κ2) is 3.83. The van der Waals surface area contributed by atoms with Crippen molar-refractivity contribution in [2.75, 3.05) is 13.6 Å². The molecule has 1 rings (SSSR count). The number of nitrogens with zero attached hydrogens (tertiary/aromatic N) is 1. The zero-order valence-corrected chi connectivity index (χ0v) is 7.69. The van der Waals surface area contributed by atoms with Crippen LogP contribution < -0.4 is 5.32 Å². The lowest BCUT2D eigenvalue weighted by Gasteiger charge is -2.04. The summed E-state index contributed by atoms with van der Waals surface area (Å²) in [7, 11) is 1.81. The molecule has 0 radical (unpaired) electrons. The number of halogens is 2. The fraction of sp³-hybridized carbons (Fsp3) is 0.625. The predicted molar refractivity (Wildman–Crippen MR) is 45.8 cm³/mol. The van der Waals surface area contributed by atoms with Gasteiger partial charge in [-0.1, -0.05) is 0 Å². The maximum Gasteiger partial charge on any atom is 0.301 e. The number of alkyl halides is 2. The van der Waals surface area contributed by atoms with Gasteiger partial charge in [-0.15, -0.1) is 0 Å². The molecule has 0 aliphatic heterocycles. The lowest BCUT2D eigenvalue weighted by atomic mass is 10.3. The minimum Gasteiger partial charge on any atom is -0.341 e. The van der Waals surface area contributed by atoms with Crippen LogP contribution in [-0.4, -0.2) is 23.6 Å². The molecule has 0 spiro atoms. The third-order valence-electron chi connectivity index (χ3n) is 1.69. The van der Waals surface area contributed by atoms with Crippen LogP contribution in [0.1, 0.15) is 18.4 Å². The van der Waals surface area contributed by atoms with Gasteiger partial charge in [-0.25, -0.2) is 4.98 Å². The summed E-state index contributed by atoms with van der Waals surface area (Å²) in [5, 5.41) is 2.93. The normalized spacial score (nSPS) is 12.0. The van der Waals surface area contributed by atoms with E-state index in [0.29, 0.717) is 6.42 Å². The predicted octanol–water partition coefficient (Wildman–Crippen LogP) is 1.28. The number of H-pyrrole nitrogens is 1. The van der Waals surface area contributed by atoms with E-state index in [-0.39, 0.29) is 5.82 Å². The summed E-state index contributed by atoms with van der Waals surface area (Å²) in [5.41, 5.74) is 0.728. The van der Waals surface area contributed by atoms with Crippen molar-refractivity contribution in [3.63, 3.8) is 0 Å². The molecule has 0 atom stereocenters. The van der Waals surface area contributed by atoms with Crippen molar-refractivity contribution in [2.24, 2.45) is 0 Å². The van der Waals surface area contributed by atoms with Gasteiger partial charge in [0.1, 0.15) is 0 Å². The van der Waals surface area contributed by atoms with Crippen molar-refractivity contribution in [2.45, 2.75) is 19.3 Å². The van der Waals surface area contributed by atoms with E-state index in [4.69, 9.17) is 0 Å². The number of aromatic amines is 1. The first kappa shape index (κ1) is 10.1. The van der Waals surface area contributed by atoms with Crippen molar-refractivity contribution in [1.82, 2.24) is 15.3 Å². The van der Waals surface area contributed by atoms with Crippen molar-refractivity contribution in [3.8, 4) is 0 Å². The Bertz CT molecular complexity index is 265. The van der Waals surface area contributed by atoms with Gasteiger partial charge in [0.25, 0.3) is 0 Å². The van der Waals surface area contributed by atoms with E-state index in [1.165, 1.54) is 6.20 Å². The van der Waals surface area contributed by atoms with Crippen LogP contribution in [0.4, 0.5) is 8.78 Å². The maximum absolute atomic E-state index is 12.7. The molecule has 0 aliphatic carbocycles. The Kier molecular flexibility index (Phi) is 2.98. The highest BCUT2D eigenvalue weighted by Gasteiger charge is 2.27. The Morgan fingerprint density at radius 2 is 2.31 bits per heavy atom. The maximum atomic E-state index is 12.7. The van der Waals surface area contributed by atoms with E-state index in [0.717, 1.165) is 19.2 Å². The number of likely N-dealkylation sites (N-methyl/N-ethyl adjacent to an activating group) is 1. The van der Waals surface area contributed by atoms with Gasteiger partial charge < -0.3 is 10.3 Å². The molecule has 74 valence electrons. The molecule has 0 unspecified atom stereocenters. The molecule has 0 saturated carbocycles. The van der Waals surface area contributed by atoms with Gasteiger partial charge in [-0.2, -0.15) is 8.78 Å². The average Bonchev–Trinajstić information content (AvgIpc) is 2.47. The van der Waals surface area contributed by atoms with Crippen LogP contribution in [0.5, 0.6) is 0 Å². The van der Waals surface area contributed by atoms with Crippen LogP contribution in [0.3, 0.4) is 0 Å². The Labute approximate surface area is 75.6 Å². The van der Waals surface area contributed by atoms with Crippen LogP contribution in [-0.2, 0) is 12.3 Å². The topological polar surface area (TPSA) is 40.7 Å². The van der Waals surface area contributed by atoms with E-state index in [2.05, 4.69) is 15.3 Å². The summed E-state index contributed by atoms with van der Waals surface area (Å²) >= 11 is 0. The lowest BCUT2D eigenvalue weighted by molar-refractivity contribution is 0.00848. The first-order valence-electron chi connectivity index (χ1n) is 4.11. The molecule has 0 amide bonds. The first-order valence-corrected chi connectivity index (χ1v) is 4.11. The highest BCUT2D eigenvalue weighted by atomic mass is 19.3. The molecular formula is C8H13F2N3. The summed E-state index contributed by atoms with van der Waals surface area (Å²) in [4.78, 5) is 6.19. The minimum absolute atomic E-state index is 0.265. The van der Waals surface area contributed by atoms with Crippen molar-refractivity contribution >= 4 is 0 Å². The number of imidazole rings is 1. The average molecular weight is 189 g/mol. The molecular weight excluding hydrogens is 176 g/mol. The minimum atomic E-state index is -2.88. The second-order valence-corrected chi connectivity index (χ2v) is 3.00. The lowest BCUT2D eigenvalue weighted by Crippen LogP contribution is -2.12. The van der Waals surface area contributed by atoms with Crippen LogP contribution in [0, 0.1) is 0 Å². The quantitative estimate of drug-likeness (QED) is 0.749. The number of rotatable bonds is 4. The molecule has 0 saturated heterocycles. The van der Waals surface area contributed by atoms with E-state index in [1.54, 1.807) is 0 Å². The smallest absolute Gasteiger partial charge is 0.301 e. The molecule has 1 aromatic rings. The van der Waals surface area contributed by atoms with Gasteiger partial charge in [-0.3, -0.25) is 0 Å². The molecule has 2 N–H and O–H groups in total. The van der Waals surface area contributed by atoms with Crippen molar-refractivity contribution < 1.29 is 8.78 Å². The third-order valence-corrected chi connectivity index (χ3v) is 1.69. The van der Waals surface area contributed by atoms with Gasteiger partial charge in [0.15, 0.2) is 5.82 Å². The number of hydrogen-bond acceptors (Lipinski definition) is 2. The van der Waals surface area contributed by atoms with Gasteiger partial charge in [0, 0.05) is 31.8 Å². The number of nitrogens with one attached hydrogen (secondary N) is 2. The summed E-state index contributed by atoms with van der Waals surface area (Å²) in [6.07, 6.45) is 2.13. The van der Waals surface area contributed by atoms with Gasteiger partial charge in [0.05, 0.1) is 0 Å². The molecule has 0 aliphatic rings. The molecule has 13 heavy (non-hydrogen) atoms. The van der Waals surface area contributed by atoms with Crippen LogP contribution in [0.25, 0.3) is 0 Å².